The van der Waals surface area contributed by atoms with Crippen LogP contribution in [-0.2, 0) is 0 Å². The van der Waals surface area contributed by atoms with E-state index in [1.54, 1.807) is 0 Å². The van der Waals surface area contributed by atoms with Gasteiger partial charge in [0.25, 0.3) is 0 Å². The van der Waals surface area contributed by atoms with Crippen LogP contribution in [0, 0.1) is 0 Å². The molecule has 0 radical (unpaired) electrons. The molecule has 1 aliphatic carbocycles. The molecule has 0 amide bonds. The van der Waals surface area contributed by atoms with Crippen molar-refractivity contribution in [3.63, 3.8) is 0 Å². The Morgan fingerprint density at radius 1 is 2.00 bits per heavy atom. The molecule has 0 aromatic rings. The van der Waals surface area contributed by atoms with Crippen LogP contribution in [0.5, 0.6) is 0 Å². The summed E-state index contributed by atoms with van der Waals surface area (Å²) in [5, 5.41) is 0. The Morgan fingerprint density at radius 3 is 3.38 bits per heavy atom. The van der Waals surface area contributed by atoms with Crippen LogP contribution in [0.2, 0.25) is 0 Å². The van der Waals surface area contributed by atoms with Crippen molar-refractivity contribution in [3.8, 4) is 0 Å². The van der Waals surface area contributed by atoms with Gasteiger partial charge >= 0.3 is 0 Å². The highest BCUT2D eigenvalue weighted by Crippen LogP contribution is 2.21. The van der Waals surface area contributed by atoms with Crippen LogP contribution >= 0.6 is 15.9 Å². The van der Waals surface area contributed by atoms with E-state index in [4.69, 9.17) is 2.74 Å². The second kappa shape index (κ2) is 2.44. The fourth-order valence-corrected chi connectivity index (χ4v) is 0.858. The number of halogens is 2. The summed E-state index contributed by atoms with van der Waals surface area (Å²) in [5.74, 6) is -0.532. The van der Waals surface area contributed by atoms with Crippen LogP contribution in [0.4, 0.5) is 4.39 Å². The Hall–Kier alpha value is -0.110. The van der Waals surface area contributed by atoms with E-state index in [9.17, 15) is 4.39 Å². The zero-order chi connectivity index (χ0) is 7.72. The van der Waals surface area contributed by atoms with E-state index in [0.717, 1.165) is 0 Å². The van der Waals surface area contributed by atoms with Crippen LogP contribution < -0.4 is 0 Å². The first kappa shape index (κ1) is 3.83. The topological polar surface area (TPSA) is 0 Å². The van der Waals surface area contributed by atoms with Crippen molar-refractivity contribution in [1.29, 1.82) is 0 Å². The van der Waals surface area contributed by atoms with Gasteiger partial charge in [-0.15, -0.1) is 0 Å². The van der Waals surface area contributed by atoms with Gasteiger partial charge in [-0.2, -0.15) is 0 Å². The minimum atomic E-state index is -0.532. The van der Waals surface area contributed by atoms with Crippen molar-refractivity contribution in [1.82, 2.24) is 0 Å². The molecule has 0 aromatic carbocycles. The van der Waals surface area contributed by atoms with E-state index in [0.29, 0.717) is 10.9 Å². The van der Waals surface area contributed by atoms with Gasteiger partial charge in [0.1, 0.15) is 5.83 Å². The third-order valence-electron chi connectivity index (χ3n) is 0.833. The minimum Gasteiger partial charge on any atom is -0.207 e. The van der Waals surface area contributed by atoms with Gasteiger partial charge < -0.3 is 0 Å². The molecule has 0 heterocycles. The number of hydrogen-bond donors (Lipinski definition) is 0. The molecule has 0 spiro atoms. The Labute approximate surface area is 59.0 Å². The maximum Gasteiger partial charge on any atom is 0.120 e. The molecule has 2 heteroatoms. The monoisotopic (exact) mass is 178 g/mol. The van der Waals surface area contributed by atoms with E-state index in [1.807, 2.05) is 0 Å². The molecule has 8 heavy (non-hydrogen) atoms. The molecular weight excluding hydrogens is 171 g/mol. The van der Waals surface area contributed by atoms with Crippen molar-refractivity contribution in [2.24, 2.45) is 0 Å². The van der Waals surface area contributed by atoms with Gasteiger partial charge in [0.05, 0.1) is 1.37 Å². The summed E-state index contributed by atoms with van der Waals surface area (Å²) in [6, 6.07) is -0.189. The van der Waals surface area contributed by atoms with Crippen molar-refractivity contribution < 1.29 is 7.13 Å². The molecule has 0 fully saturated rings. The molecule has 1 atom stereocenters. The lowest BCUT2D eigenvalue weighted by molar-refractivity contribution is 0.652. The number of hydrogen-bond acceptors (Lipinski definition) is 0. The maximum atomic E-state index is 12.5. The quantitative estimate of drug-likeness (QED) is 0.536. The fraction of sp³-hybridized carbons (Fsp3) is 0.333. The largest absolute Gasteiger partial charge is 0.207 e. The van der Waals surface area contributed by atoms with Crippen molar-refractivity contribution >= 4 is 15.9 Å². The first-order valence-corrected chi connectivity index (χ1v) is 3.06. The molecule has 0 aliphatic heterocycles. The van der Waals surface area contributed by atoms with Crippen LogP contribution in [0.25, 0.3) is 0 Å². The Kier molecular flexibility index (Phi) is 1.17. The van der Waals surface area contributed by atoms with Gasteiger partial charge in [-0.3, -0.25) is 0 Å². The molecule has 44 valence electrons. The predicted molar refractivity (Wildman–Crippen MR) is 35.4 cm³/mol. The second-order valence-corrected chi connectivity index (χ2v) is 2.32. The summed E-state index contributed by atoms with van der Waals surface area (Å²) in [6.45, 7) is 0. The van der Waals surface area contributed by atoms with Gasteiger partial charge in [0.15, 0.2) is 0 Å². The molecule has 1 rings (SSSR count). The van der Waals surface area contributed by atoms with E-state index in [1.165, 1.54) is 6.08 Å². The SMILES string of the molecule is [2H]C1=C(Br)C([2H])CC=C1F. The van der Waals surface area contributed by atoms with Crippen LogP contribution in [0.15, 0.2) is 22.4 Å². The predicted octanol–water partition coefficient (Wildman–Crippen LogP) is 2.91. The van der Waals surface area contributed by atoms with Crippen LogP contribution in [0.1, 0.15) is 15.6 Å². The molecule has 0 saturated heterocycles. The lowest BCUT2D eigenvalue weighted by Gasteiger charge is -2.00. The smallest absolute Gasteiger partial charge is 0.120 e. The van der Waals surface area contributed by atoms with Gasteiger partial charge in [-0.1, -0.05) is 15.9 Å². The summed E-state index contributed by atoms with van der Waals surface area (Å²) < 4.78 is 27.2. The van der Waals surface area contributed by atoms with Gasteiger partial charge in [-0.25, -0.2) is 4.39 Å². The van der Waals surface area contributed by atoms with E-state index >= 15 is 0 Å². The minimum absolute atomic E-state index is 0.189. The highest BCUT2D eigenvalue weighted by Gasteiger charge is 1.99. The molecule has 1 aliphatic rings. The highest BCUT2D eigenvalue weighted by atomic mass is 79.9. The molecular formula is C6H6BrF. The average Bonchev–Trinajstić information content (AvgIpc) is 1.93. The molecule has 0 saturated carbocycles. The van der Waals surface area contributed by atoms with E-state index < -0.39 is 12.2 Å². The summed E-state index contributed by atoms with van der Waals surface area (Å²) in [5.41, 5.74) is 0. The zero-order valence-corrected chi connectivity index (χ0v) is 5.70. The summed E-state index contributed by atoms with van der Waals surface area (Å²) in [6.07, 6.45) is 1.13. The van der Waals surface area contributed by atoms with Crippen molar-refractivity contribution in [2.45, 2.75) is 12.8 Å². The molecule has 0 nitrogen and oxygen atoms in total. The molecule has 0 aromatic heterocycles. The zero-order valence-electron chi connectivity index (χ0n) is 6.12. The lowest BCUT2D eigenvalue weighted by atomic mass is 10.2. The first-order valence-electron chi connectivity index (χ1n) is 3.35. The summed E-state index contributed by atoms with van der Waals surface area (Å²) >= 11 is 2.98. The van der Waals surface area contributed by atoms with Crippen LogP contribution in [-0.4, -0.2) is 0 Å². The van der Waals surface area contributed by atoms with Gasteiger partial charge in [0.2, 0.25) is 0 Å². The van der Waals surface area contributed by atoms with Crippen molar-refractivity contribution in [3.05, 3.63) is 22.4 Å². The first-order chi connectivity index (χ1) is 4.63. The Morgan fingerprint density at radius 2 is 2.75 bits per heavy atom. The fourth-order valence-electron chi connectivity index (χ4n) is 0.482. The average molecular weight is 179 g/mol. The van der Waals surface area contributed by atoms with Crippen molar-refractivity contribution in [2.75, 3.05) is 0 Å². The summed E-state index contributed by atoms with van der Waals surface area (Å²) in [7, 11) is 0. The maximum absolute atomic E-state index is 12.5. The van der Waals surface area contributed by atoms with E-state index in [-0.39, 0.29) is 6.05 Å². The Balaban J connectivity index is 2.94. The normalized spacial score (nSPS) is 33.8. The van der Waals surface area contributed by atoms with E-state index in [2.05, 4.69) is 15.9 Å². The molecule has 0 N–H and O–H groups in total. The van der Waals surface area contributed by atoms with Gasteiger partial charge in [-0.05, 0) is 29.4 Å². The Bertz CT molecular complexity index is 210. The lowest BCUT2D eigenvalue weighted by Crippen LogP contribution is -1.80. The number of rotatable bonds is 0. The number of allylic oxidation sites excluding steroid dienone is 4. The third kappa shape index (κ3) is 1.44. The highest BCUT2D eigenvalue weighted by molar-refractivity contribution is 9.11. The van der Waals surface area contributed by atoms with Crippen LogP contribution in [0.3, 0.4) is 0 Å². The summed E-state index contributed by atoms with van der Waals surface area (Å²) in [4.78, 5) is 0. The van der Waals surface area contributed by atoms with Gasteiger partial charge in [0, 0.05) is 1.37 Å². The molecule has 0 bridgehead atoms. The third-order valence-corrected chi connectivity index (χ3v) is 1.35. The molecule has 1 unspecified atom stereocenters. The standard InChI is InChI=1S/C6H6BrF/c7-5-2-1-3-6(8)4-5/h3-4H,1-2H2/i2D,4D. The second-order valence-electron chi connectivity index (χ2n) is 1.46.